The van der Waals surface area contributed by atoms with E-state index < -0.39 is 28.5 Å². The molecule has 0 saturated heterocycles. The van der Waals surface area contributed by atoms with Gasteiger partial charge in [-0.05, 0) is 53.9 Å². The Morgan fingerprint density at radius 2 is 1.33 bits per heavy atom. The summed E-state index contributed by atoms with van der Waals surface area (Å²) < 4.78 is 29.8. The standard InChI is InChI=1S/C33H34BrN3O4S/c1-2-22-35-33(39)31(23-26-12-6-3-7-13-26)36(24-27-14-8-4-9-15-27)32(38)25-37(29-20-18-28(34)19-21-29)42(40,41)30-16-10-5-11-17-30/h3-21,31H,2,22-25H2,1H3,(H,35,39). The number of anilines is 1. The van der Waals surface area contributed by atoms with Gasteiger partial charge in [0.1, 0.15) is 12.6 Å². The fourth-order valence-electron chi connectivity index (χ4n) is 4.56. The van der Waals surface area contributed by atoms with Gasteiger partial charge in [-0.2, -0.15) is 0 Å². The normalized spacial score (nSPS) is 11.9. The Morgan fingerprint density at radius 3 is 1.90 bits per heavy atom. The number of halogens is 1. The molecule has 4 aromatic rings. The van der Waals surface area contributed by atoms with Crippen LogP contribution in [-0.2, 0) is 32.6 Å². The fraction of sp³-hybridized carbons (Fsp3) is 0.212. The molecule has 0 bridgehead atoms. The largest absolute Gasteiger partial charge is 0.354 e. The average Bonchev–Trinajstić information content (AvgIpc) is 3.02. The van der Waals surface area contributed by atoms with Gasteiger partial charge in [0.15, 0.2) is 0 Å². The lowest BCUT2D eigenvalue weighted by molar-refractivity contribution is -0.140. The van der Waals surface area contributed by atoms with Crippen molar-refractivity contribution in [1.82, 2.24) is 10.2 Å². The van der Waals surface area contributed by atoms with Crippen molar-refractivity contribution >= 4 is 43.5 Å². The molecule has 0 aliphatic carbocycles. The third-order valence-corrected chi connectivity index (χ3v) is 9.06. The SMILES string of the molecule is CCCNC(=O)C(Cc1ccccc1)N(Cc1ccccc1)C(=O)CN(c1ccc(Br)cc1)S(=O)(=O)c1ccccc1. The Labute approximate surface area is 256 Å². The number of nitrogens with one attached hydrogen (secondary N) is 1. The number of carbonyl (C=O) groups is 2. The molecule has 4 aromatic carbocycles. The predicted molar refractivity (Wildman–Crippen MR) is 169 cm³/mol. The third-order valence-electron chi connectivity index (χ3n) is 6.74. The van der Waals surface area contributed by atoms with Crippen molar-refractivity contribution in [1.29, 1.82) is 0 Å². The van der Waals surface area contributed by atoms with E-state index in [1.807, 2.05) is 67.6 Å². The van der Waals surface area contributed by atoms with Crippen LogP contribution < -0.4 is 9.62 Å². The van der Waals surface area contributed by atoms with E-state index in [1.165, 1.54) is 17.0 Å². The first-order valence-corrected chi connectivity index (χ1v) is 16.0. The van der Waals surface area contributed by atoms with Gasteiger partial charge in [0.2, 0.25) is 11.8 Å². The van der Waals surface area contributed by atoms with Crippen LogP contribution in [0.25, 0.3) is 0 Å². The fourth-order valence-corrected chi connectivity index (χ4v) is 6.26. The lowest BCUT2D eigenvalue weighted by Crippen LogP contribution is -2.53. The smallest absolute Gasteiger partial charge is 0.264 e. The summed E-state index contributed by atoms with van der Waals surface area (Å²) in [5, 5.41) is 2.95. The van der Waals surface area contributed by atoms with Crippen molar-refractivity contribution in [3.63, 3.8) is 0 Å². The van der Waals surface area contributed by atoms with Crippen molar-refractivity contribution in [2.75, 3.05) is 17.4 Å². The van der Waals surface area contributed by atoms with Crippen LogP contribution in [0.15, 0.2) is 125 Å². The van der Waals surface area contributed by atoms with Gasteiger partial charge >= 0.3 is 0 Å². The number of benzene rings is 4. The van der Waals surface area contributed by atoms with E-state index in [0.717, 1.165) is 26.3 Å². The minimum atomic E-state index is -4.12. The van der Waals surface area contributed by atoms with E-state index in [4.69, 9.17) is 0 Å². The number of carbonyl (C=O) groups excluding carboxylic acids is 2. The first kappa shape index (κ1) is 31.0. The van der Waals surface area contributed by atoms with Gasteiger partial charge in [-0.25, -0.2) is 8.42 Å². The van der Waals surface area contributed by atoms with E-state index in [-0.39, 0.29) is 23.8 Å². The zero-order valence-corrected chi connectivity index (χ0v) is 25.8. The lowest BCUT2D eigenvalue weighted by Gasteiger charge is -2.34. The summed E-state index contributed by atoms with van der Waals surface area (Å²) in [6, 6.07) is 32.8. The zero-order valence-electron chi connectivity index (χ0n) is 23.4. The molecule has 7 nitrogen and oxygen atoms in total. The van der Waals surface area contributed by atoms with E-state index in [2.05, 4.69) is 21.2 Å². The van der Waals surface area contributed by atoms with E-state index in [0.29, 0.717) is 12.2 Å². The molecule has 9 heteroatoms. The summed E-state index contributed by atoms with van der Waals surface area (Å²) in [6.07, 6.45) is 1.02. The molecule has 2 amide bonds. The molecule has 0 saturated carbocycles. The molecule has 4 rings (SSSR count). The first-order valence-electron chi connectivity index (χ1n) is 13.8. The van der Waals surface area contributed by atoms with Crippen LogP contribution in [0.2, 0.25) is 0 Å². The van der Waals surface area contributed by atoms with Crippen LogP contribution in [0.3, 0.4) is 0 Å². The first-order chi connectivity index (χ1) is 20.3. The Morgan fingerprint density at radius 1 is 0.786 bits per heavy atom. The number of amides is 2. The van der Waals surface area contributed by atoms with E-state index in [9.17, 15) is 18.0 Å². The summed E-state index contributed by atoms with van der Waals surface area (Å²) in [4.78, 5) is 29.5. The molecule has 0 aromatic heterocycles. The molecule has 1 unspecified atom stereocenters. The Hall–Kier alpha value is -3.95. The van der Waals surface area contributed by atoms with Gasteiger partial charge in [-0.3, -0.25) is 13.9 Å². The minimum Gasteiger partial charge on any atom is -0.354 e. The van der Waals surface area contributed by atoms with E-state index in [1.54, 1.807) is 42.5 Å². The highest BCUT2D eigenvalue weighted by Gasteiger charge is 2.34. The maximum atomic E-state index is 14.3. The van der Waals surface area contributed by atoms with Crippen molar-refractivity contribution < 1.29 is 18.0 Å². The van der Waals surface area contributed by atoms with Gasteiger partial charge in [-0.15, -0.1) is 0 Å². The topological polar surface area (TPSA) is 86.8 Å². The molecular weight excluding hydrogens is 614 g/mol. The number of nitrogens with zero attached hydrogens (tertiary/aromatic N) is 2. The molecule has 0 fully saturated rings. The molecule has 42 heavy (non-hydrogen) atoms. The minimum absolute atomic E-state index is 0.0665. The molecule has 0 aliphatic heterocycles. The third kappa shape index (κ3) is 8.08. The molecule has 0 aliphatic rings. The van der Waals surface area contributed by atoms with Gasteiger partial charge in [0, 0.05) is 24.0 Å². The van der Waals surface area contributed by atoms with Crippen LogP contribution in [-0.4, -0.2) is 44.3 Å². The predicted octanol–water partition coefficient (Wildman–Crippen LogP) is 5.81. The van der Waals surface area contributed by atoms with Gasteiger partial charge in [0.25, 0.3) is 10.0 Å². The number of hydrogen-bond acceptors (Lipinski definition) is 4. The summed E-state index contributed by atoms with van der Waals surface area (Å²) in [7, 11) is -4.12. The molecule has 1 N–H and O–H groups in total. The van der Waals surface area contributed by atoms with E-state index >= 15 is 0 Å². The Bertz CT molecular complexity index is 1550. The highest BCUT2D eigenvalue weighted by Crippen LogP contribution is 2.26. The zero-order chi connectivity index (χ0) is 30.0. The van der Waals surface area contributed by atoms with Crippen LogP contribution in [0.1, 0.15) is 24.5 Å². The second-order valence-electron chi connectivity index (χ2n) is 9.80. The Kier molecular flexibility index (Phi) is 10.9. The quantitative estimate of drug-likeness (QED) is 0.198. The molecular formula is C33H34BrN3O4S. The number of rotatable bonds is 13. The molecule has 0 spiro atoms. The lowest BCUT2D eigenvalue weighted by atomic mass is 10.0. The van der Waals surface area contributed by atoms with Gasteiger partial charge < -0.3 is 10.2 Å². The van der Waals surface area contributed by atoms with Crippen LogP contribution in [0.5, 0.6) is 0 Å². The monoisotopic (exact) mass is 647 g/mol. The summed E-state index contributed by atoms with van der Waals surface area (Å²) in [5.74, 6) is -0.778. The summed E-state index contributed by atoms with van der Waals surface area (Å²) in [5.41, 5.74) is 2.06. The van der Waals surface area contributed by atoms with Crippen LogP contribution in [0, 0.1) is 0 Å². The van der Waals surface area contributed by atoms with Gasteiger partial charge in [-0.1, -0.05) is 102 Å². The van der Waals surface area contributed by atoms with Gasteiger partial charge in [0.05, 0.1) is 10.6 Å². The Balaban J connectivity index is 1.77. The number of sulfonamides is 1. The van der Waals surface area contributed by atoms with Crippen LogP contribution >= 0.6 is 15.9 Å². The highest BCUT2D eigenvalue weighted by atomic mass is 79.9. The summed E-state index contributed by atoms with van der Waals surface area (Å²) >= 11 is 3.40. The average molecular weight is 649 g/mol. The second kappa shape index (κ2) is 14.8. The van der Waals surface area contributed by atoms with Crippen molar-refractivity contribution in [3.8, 4) is 0 Å². The van der Waals surface area contributed by atoms with Crippen molar-refractivity contribution in [3.05, 3.63) is 131 Å². The maximum Gasteiger partial charge on any atom is 0.264 e. The second-order valence-corrected chi connectivity index (χ2v) is 12.6. The molecule has 218 valence electrons. The van der Waals surface area contributed by atoms with Crippen molar-refractivity contribution in [2.24, 2.45) is 0 Å². The molecule has 0 radical (unpaired) electrons. The number of hydrogen-bond donors (Lipinski definition) is 1. The maximum absolute atomic E-state index is 14.3. The summed E-state index contributed by atoms with van der Waals surface area (Å²) in [6.45, 7) is 2.07. The molecule has 0 heterocycles. The molecule has 1 atom stereocenters. The van der Waals surface area contributed by atoms with Crippen molar-refractivity contribution in [2.45, 2.75) is 37.2 Å². The van der Waals surface area contributed by atoms with Crippen LogP contribution in [0.4, 0.5) is 5.69 Å². The highest BCUT2D eigenvalue weighted by molar-refractivity contribution is 9.10.